The van der Waals surface area contributed by atoms with Crippen LogP contribution < -0.4 is 10.1 Å². The third-order valence-corrected chi connectivity index (χ3v) is 3.39. The van der Waals surface area contributed by atoms with Crippen molar-refractivity contribution in [2.24, 2.45) is 0 Å². The highest BCUT2D eigenvalue weighted by atomic mass is 16.5. The number of aromatic nitrogens is 1. The van der Waals surface area contributed by atoms with E-state index in [1.54, 1.807) is 31.7 Å². The van der Waals surface area contributed by atoms with E-state index in [9.17, 15) is 4.79 Å². The molecule has 0 fully saturated rings. The number of nitrogens with zero attached hydrogens (tertiary/aromatic N) is 1. The molecular weight excluding hydrogens is 292 g/mol. The first-order valence-electron chi connectivity index (χ1n) is 7.17. The predicted octanol–water partition coefficient (Wildman–Crippen LogP) is 3.28. The fourth-order valence-corrected chi connectivity index (χ4v) is 2.16. The SMILES string of the molecule is COc1cccc(-c2ccc(C(=O)NCc3ccco3)cn2)c1. The van der Waals surface area contributed by atoms with Crippen LogP contribution in [0, 0.1) is 0 Å². The number of hydrogen-bond acceptors (Lipinski definition) is 4. The maximum absolute atomic E-state index is 12.1. The summed E-state index contributed by atoms with van der Waals surface area (Å²) in [6.07, 6.45) is 3.14. The van der Waals surface area contributed by atoms with Crippen molar-refractivity contribution in [2.75, 3.05) is 7.11 Å². The minimum Gasteiger partial charge on any atom is -0.497 e. The van der Waals surface area contributed by atoms with E-state index < -0.39 is 0 Å². The van der Waals surface area contributed by atoms with Crippen LogP contribution in [0.15, 0.2) is 65.4 Å². The molecule has 0 aliphatic rings. The Morgan fingerprint density at radius 2 is 2.13 bits per heavy atom. The lowest BCUT2D eigenvalue weighted by Crippen LogP contribution is -2.22. The summed E-state index contributed by atoms with van der Waals surface area (Å²) >= 11 is 0. The monoisotopic (exact) mass is 308 g/mol. The van der Waals surface area contributed by atoms with Crippen molar-refractivity contribution in [3.05, 3.63) is 72.3 Å². The molecule has 1 aromatic carbocycles. The van der Waals surface area contributed by atoms with E-state index in [-0.39, 0.29) is 5.91 Å². The van der Waals surface area contributed by atoms with Gasteiger partial charge in [-0.05, 0) is 36.4 Å². The molecule has 0 spiro atoms. The van der Waals surface area contributed by atoms with Crippen LogP contribution in [0.4, 0.5) is 0 Å². The Labute approximate surface area is 133 Å². The first-order valence-corrected chi connectivity index (χ1v) is 7.17. The van der Waals surface area contributed by atoms with Gasteiger partial charge in [0, 0.05) is 11.8 Å². The van der Waals surface area contributed by atoms with Gasteiger partial charge in [0.1, 0.15) is 11.5 Å². The van der Waals surface area contributed by atoms with Crippen LogP contribution in [0.2, 0.25) is 0 Å². The van der Waals surface area contributed by atoms with Crippen LogP contribution >= 0.6 is 0 Å². The lowest BCUT2D eigenvalue weighted by atomic mass is 10.1. The van der Waals surface area contributed by atoms with Crippen molar-refractivity contribution < 1.29 is 13.9 Å². The topological polar surface area (TPSA) is 64.4 Å². The summed E-state index contributed by atoms with van der Waals surface area (Å²) in [6.45, 7) is 0.351. The van der Waals surface area contributed by atoms with E-state index in [0.717, 1.165) is 17.0 Å². The van der Waals surface area contributed by atoms with Gasteiger partial charge in [-0.2, -0.15) is 0 Å². The summed E-state index contributed by atoms with van der Waals surface area (Å²) in [7, 11) is 1.62. The number of amides is 1. The molecule has 116 valence electrons. The fourth-order valence-electron chi connectivity index (χ4n) is 2.16. The van der Waals surface area contributed by atoms with Gasteiger partial charge in [-0.1, -0.05) is 12.1 Å². The van der Waals surface area contributed by atoms with Crippen molar-refractivity contribution in [2.45, 2.75) is 6.54 Å². The van der Waals surface area contributed by atoms with Crippen molar-refractivity contribution in [1.29, 1.82) is 0 Å². The lowest BCUT2D eigenvalue weighted by Gasteiger charge is -2.06. The Balaban J connectivity index is 1.69. The second-order valence-electron chi connectivity index (χ2n) is 4.93. The van der Waals surface area contributed by atoms with E-state index in [1.165, 1.54) is 0 Å². The molecule has 1 N–H and O–H groups in total. The molecule has 5 nitrogen and oxygen atoms in total. The Morgan fingerprint density at radius 3 is 2.83 bits per heavy atom. The molecule has 0 unspecified atom stereocenters. The molecule has 0 saturated heterocycles. The molecule has 2 aromatic heterocycles. The fraction of sp³-hybridized carbons (Fsp3) is 0.111. The van der Waals surface area contributed by atoms with Crippen molar-refractivity contribution >= 4 is 5.91 Å². The average Bonchev–Trinajstić information content (AvgIpc) is 3.13. The number of hydrogen-bond donors (Lipinski definition) is 1. The van der Waals surface area contributed by atoms with Crippen LogP contribution in [0.3, 0.4) is 0 Å². The van der Waals surface area contributed by atoms with E-state index in [2.05, 4.69) is 10.3 Å². The van der Waals surface area contributed by atoms with Crippen molar-refractivity contribution in [1.82, 2.24) is 10.3 Å². The Kier molecular flexibility index (Phi) is 4.38. The summed E-state index contributed by atoms with van der Waals surface area (Å²) in [6, 6.07) is 14.8. The Bertz CT molecular complexity index is 780. The number of carbonyl (C=O) groups is 1. The molecule has 3 rings (SSSR count). The van der Waals surface area contributed by atoms with Crippen LogP contribution in [0.25, 0.3) is 11.3 Å². The van der Waals surface area contributed by atoms with Gasteiger partial charge in [0.15, 0.2) is 0 Å². The second kappa shape index (κ2) is 6.79. The van der Waals surface area contributed by atoms with Gasteiger partial charge in [-0.15, -0.1) is 0 Å². The molecule has 0 radical (unpaired) electrons. The minimum absolute atomic E-state index is 0.189. The molecule has 0 saturated carbocycles. The third-order valence-electron chi connectivity index (χ3n) is 3.39. The van der Waals surface area contributed by atoms with E-state index in [0.29, 0.717) is 17.9 Å². The molecular formula is C18H16N2O3. The molecule has 23 heavy (non-hydrogen) atoms. The highest BCUT2D eigenvalue weighted by Gasteiger charge is 2.08. The maximum atomic E-state index is 12.1. The first-order chi connectivity index (χ1) is 11.3. The van der Waals surface area contributed by atoms with Crippen LogP contribution in [0.1, 0.15) is 16.1 Å². The van der Waals surface area contributed by atoms with Gasteiger partial charge < -0.3 is 14.5 Å². The summed E-state index contributed by atoms with van der Waals surface area (Å²) in [5, 5.41) is 2.79. The number of benzene rings is 1. The zero-order valence-electron chi connectivity index (χ0n) is 12.7. The number of methoxy groups -OCH3 is 1. The number of carbonyl (C=O) groups excluding carboxylic acids is 1. The smallest absolute Gasteiger partial charge is 0.253 e. The van der Waals surface area contributed by atoms with Gasteiger partial charge in [-0.25, -0.2) is 0 Å². The number of furan rings is 1. The molecule has 1 amide bonds. The van der Waals surface area contributed by atoms with Gasteiger partial charge >= 0.3 is 0 Å². The van der Waals surface area contributed by atoms with Gasteiger partial charge in [-0.3, -0.25) is 9.78 Å². The van der Waals surface area contributed by atoms with Gasteiger partial charge in [0.2, 0.25) is 0 Å². The molecule has 0 aliphatic carbocycles. The standard InChI is InChI=1S/C18H16N2O3/c1-22-15-5-2-4-13(10-15)17-8-7-14(11-19-17)18(21)20-12-16-6-3-9-23-16/h2-11H,12H2,1H3,(H,20,21). The lowest BCUT2D eigenvalue weighted by molar-refractivity contribution is 0.0947. The third kappa shape index (κ3) is 3.58. The predicted molar refractivity (Wildman–Crippen MR) is 86.1 cm³/mol. The molecule has 0 aliphatic heterocycles. The Hall–Kier alpha value is -3.08. The van der Waals surface area contributed by atoms with Crippen LogP contribution in [0.5, 0.6) is 5.75 Å². The van der Waals surface area contributed by atoms with Crippen molar-refractivity contribution in [3.63, 3.8) is 0 Å². The maximum Gasteiger partial charge on any atom is 0.253 e. The summed E-state index contributed by atoms with van der Waals surface area (Å²) < 4.78 is 10.4. The van der Waals surface area contributed by atoms with E-state index in [4.69, 9.17) is 9.15 Å². The quantitative estimate of drug-likeness (QED) is 0.785. The summed E-state index contributed by atoms with van der Waals surface area (Å²) in [4.78, 5) is 16.4. The average molecular weight is 308 g/mol. The number of pyridine rings is 1. The second-order valence-corrected chi connectivity index (χ2v) is 4.93. The first kappa shape index (κ1) is 14.8. The summed E-state index contributed by atoms with van der Waals surface area (Å²) in [5.41, 5.74) is 2.22. The minimum atomic E-state index is -0.189. The molecule has 2 heterocycles. The number of rotatable bonds is 5. The normalized spacial score (nSPS) is 10.3. The molecule has 5 heteroatoms. The summed E-state index contributed by atoms with van der Waals surface area (Å²) in [5.74, 6) is 1.29. The van der Waals surface area contributed by atoms with Crippen LogP contribution in [-0.2, 0) is 6.54 Å². The highest BCUT2D eigenvalue weighted by molar-refractivity contribution is 5.94. The van der Waals surface area contributed by atoms with Gasteiger partial charge in [0.05, 0.1) is 31.2 Å². The molecule has 0 atom stereocenters. The molecule has 0 bridgehead atoms. The number of nitrogens with one attached hydrogen (secondary N) is 1. The van der Waals surface area contributed by atoms with E-state index in [1.807, 2.05) is 36.4 Å². The van der Waals surface area contributed by atoms with E-state index >= 15 is 0 Å². The zero-order chi connectivity index (χ0) is 16.1. The molecule has 3 aromatic rings. The zero-order valence-corrected chi connectivity index (χ0v) is 12.7. The number of ether oxygens (including phenoxy) is 1. The van der Waals surface area contributed by atoms with Gasteiger partial charge in [0.25, 0.3) is 5.91 Å². The largest absolute Gasteiger partial charge is 0.497 e. The highest BCUT2D eigenvalue weighted by Crippen LogP contribution is 2.22. The van der Waals surface area contributed by atoms with Crippen LogP contribution in [-0.4, -0.2) is 18.0 Å². The van der Waals surface area contributed by atoms with Crippen molar-refractivity contribution in [3.8, 4) is 17.0 Å². The Morgan fingerprint density at radius 1 is 1.22 bits per heavy atom.